The molecule has 0 heterocycles. The SMILES string of the molecule is CCCOc1cc(NC(C)COC)ccc1N. The van der Waals surface area contributed by atoms with Crippen LogP contribution < -0.4 is 15.8 Å². The molecule has 4 nitrogen and oxygen atoms in total. The lowest BCUT2D eigenvalue weighted by molar-refractivity contribution is 0.190. The first-order chi connectivity index (χ1) is 8.17. The van der Waals surface area contributed by atoms with E-state index < -0.39 is 0 Å². The van der Waals surface area contributed by atoms with E-state index in [9.17, 15) is 0 Å². The van der Waals surface area contributed by atoms with Crippen LogP contribution in [0.5, 0.6) is 5.75 Å². The highest BCUT2D eigenvalue weighted by Crippen LogP contribution is 2.26. The molecule has 0 amide bonds. The third-order valence-corrected chi connectivity index (χ3v) is 2.30. The second kappa shape index (κ2) is 7.01. The van der Waals surface area contributed by atoms with Gasteiger partial charge in [-0.2, -0.15) is 0 Å². The lowest BCUT2D eigenvalue weighted by Crippen LogP contribution is -2.20. The first kappa shape index (κ1) is 13.6. The second-order valence-electron chi connectivity index (χ2n) is 4.10. The van der Waals surface area contributed by atoms with Crippen molar-refractivity contribution in [3.05, 3.63) is 18.2 Å². The van der Waals surface area contributed by atoms with Crippen LogP contribution in [0.25, 0.3) is 0 Å². The molecule has 0 spiro atoms. The maximum Gasteiger partial charge on any atom is 0.144 e. The van der Waals surface area contributed by atoms with Crippen molar-refractivity contribution in [2.75, 3.05) is 31.4 Å². The van der Waals surface area contributed by atoms with E-state index in [2.05, 4.69) is 19.2 Å². The predicted molar refractivity (Wildman–Crippen MR) is 71.6 cm³/mol. The van der Waals surface area contributed by atoms with Crippen LogP contribution in [0.1, 0.15) is 20.3 Å². The molecule has 1 aromatic carbocycles. The maximum absolute atomic E-state index is 5.84. The van der Waals surface area contributed by atoms with Gasteiger partial charge in [-0.15, -0.1) is 0 Å². The molecule has 1 unspecified atom stereocenters. The van der Waals surface area contributed by atoms with Gasteiger partial charge in [0.15, 0.2) is 0 Å². The second-order valence-corrected chi connectivity index (χ2v) is 4.10. The first-order valence-corrected chi connectivity index (χ1v) is 5.95. The monoisotopic (exact) mass is 238 g/mol. The molecule has 96 valence electrons. The zero-order valence-corrected chi connectivity index (χ0v) is 10.8. The fraction of sp³-hybridized carbons (Fsp3) is 0.538. The smallest absolute Gasteiger partial charge is 0.144 e. The Balaban J connectivity index is 2.67. The van der Waals surface area contributed by atoms with E-state index in [-0.39, 0.29) is 6.04 Å². The van der Waals surface area contributed by atoms with Crippen molar-refractivity contribution in [3.63, 3.8) is 0 Å². The summed E-state index contributed by atoms with van der Waals surface area (Å²) in [4.78, 5) is 0. The van der Waals surface area contributed by atoms with Crippen LogP contribution >= 0.6 is 0 Å². The summed E-state index contributed by atoms with van der Waals surface area (Å²) in [6.45, 7) is 5.47. The van der Waals surface area contributed by atoms with Crippen molar-refractivity contribution in [2.45, 2.75) is 26.3 Å². The fourth-order valence-corrected chi connectivity index (χ4v) is 1.54. The normalized spacial score (nSPS) is 12.2. The lowest BCUT2D eigenvalue weighted by atomic mass is 10.2. The quantitative estimate of drug-likeness (QED) is 0.717. The summed E-state index contributed by atoms with van der Waals surface area (Å²) in [5.41, 5.74) is 7.51. The topological polar surface area (TPSA) is 56.5 Å². The molecule has 0 aliphatic heterocycles. The molecule has 0 aromatic heterocycles. The predicted octanol–water partition coefficient (Wildman–Crippen LogP) is 2.50. The van der Waals surface area contributed by atoms with E-state index in [1.54, 1.807) is 7.11 Å². The van der Waals surface area contributed by atoms with E-state index in [4.69, 9.17) is 15.2 Å². The molecule has 0 saturated heterocycles. The highest BCUT2D eigenvalue weighted by Gasteiger charge is 2.05. The van der Waals surface area contributed by atoms with Gasteiger partial charge in [0.05, 0.1) is 18.9 Å². The highest BCUT2D eigenvalue weighted by atomic mass is 16.5. The van der Waals surface area contributed by atoms with E-state index in [1.807, 2.05) is 18.2 Å². The van der Waals surface area contributed by atoms with E-state index in [0.717, 1.165) is 17.9 Å². The molecule has 0 fully saturated rings. The van der Waals surface area contributed by atoms with Crippen LogP contribution in [0.4, 0.5) is 11.4 Å². The number of hydrogen-bond acceptors (Lipinski definition) is 4. The van der Waals surface area contributed by atoms with Gasteiger partial charge < -0.3 is 20.5 Å². The van der Waals surface area contributed by atoms with Crippen molar-refractivity contribution in [1.82, 2.24) is 0 Å². The Morgan fingerprint density at radius 2 is 2.18 bits per heavy atom. The van der Waals surface area contributed by atoms with Crippen molar-refractivity contribution >= 4 is 11.4 Å². The summed E-state index contributed by atoms with van der Waals surface area (Å²) in [5.74, 6) is 0.737. The van der Waals surface area contributed by atoms with Crippen molar-refractivity contribution in [1.29, 1.82) is 0 Å². The number of methoxy groups -OCH3 is 1. The van der Waals surface area contributed by atoms with Gasteiger partial charge in [-0.05, 0) is 25.5 Å². The summed E-state index contributed by atoms with van der Waals surface area (Å²) in [6, 6.07) is 5.98. The molecule has 0 radical (unpaired) electrons. The van der Waals surface area contributed by atoms with Crippen LogP contribution in [0, 0.1) is 0 Å². The van der Waals surface area contributed by atoms with Gasteiger partial charge in [-0.1, -0.05) is 6.92 Å². The Bertz CT molecular complexity index is 342. The zero-order chi connectivity index (χ0) is 12.7. The van der Waals surface area contributed by atoms with Crippen molar-refractivity contribution in [3.8, 4) is 5.75 Å². The number of ether oxygens (including phenoxy) is 2. The number of nitrogens with one attached hydrogen (secondary N) is 1. The van der Waals surface area contributed by atoms with Crippen LogP contribution in [0.2, 0.25) is 0 Å². The summed E-state index contributed by atoms with van der Waals surface area (Å²) >= 11 is 0. The number of anilines is 2. The Labute approximate surface area is 103 Å². The number of hydrogen-bond donors (Lipinski definition) is 2. The minimum absolute atomic E-state index is 0.252. The summed E-state index contributed by atoms with van der Waals surface area (Å²) in [5, 5.41) is 3.33. The molecule has 1 atom stereocenters. The molecule has 1 rings (SSSR count). The summed E-state index contributed by atoms with van der Waals surface area (Å²) < 4.78 is 10.6. The van der Waals surface area contributed by atoms with Crippen molar-refractivity contribution in [2.24, 2.45) is 0 Å². The molecular weight excluding hydrogens is 216 g/mol. The molecule has 1 aromatic rings. The number of nitrogen functional groups attached to an aromatic ring is 1. The zero-order valence-electron chi connectivity index (χ0n) is 10.8. The molecular formula is C13H22N2O2. The molecule has 0 aliphatic carbocycles. The molecule has 0 saturated carbocycles. The highest BCUT2D eigenvalue weighted by molar-refractivity contribution is 5.61. The van der Waals surface area contributed by atoms with Crippen LogP contribution in [-0.2, 0) is 4.74 Å². The number of rotatable bonds is 7. The number of nitrogens with two attached hydrogens (primary N) is 1. The molecule has 0 bridgehead atoms. The summed E-state index contributed by atoms with van der Waals surface area (Å²) in [7, 11) is 1.69. The van der Waals surface area contributed by atoms with E-state index >= 15 is 0 Å². The van der Waals surface area contributed by atoms with Gasteiger partial charge in [0.2, 0.25) is 0 Å². The Morgan fingerprint density at radius 1 is 1.41 bits per heavy atom. The van der Waals surface area contributed by atoms with Gasteiger partial charge in [-0.3, -0.25) is 0 Å². The largest absolute Gasteiger partial charge is 0.491 e. The molecule has 17 heavy (non-hydrogen) atoms. The maximum atomic E-state index is 5.84. The Hall–Kier alpha value is -1.42. The van der Waals surface area contributed by atoms with E-state index in [0.29, 0.717) is 18.9 Å². The minimum Gasteiger partial charge on any atom is -0.491 e. The van der Waals surface area contributed by atoms with Gasteiger partial charge in [0.1, 0.15) is 5.75 Å². The van der Waals surface area contributed by atoms with Gasteiger partial charge >= 0.3 is 0 Å². The van der Waals surface area contributed by atoms with Crippen LogP contribution in [-0.4, -0.2) is 26.4 Å². The van der Waals surface area contributed by atoms with Gasteiger partial charge in [-0.25, -0.2) is 0 Å². The third-order valence-electron chi connectivity index (χ3n) is 2.30. The van der Waals surface area contributed by atoms with Crippen molar-refractivity contribution < 1.29 is 9.47 Å². The third kappa shape index (κ3) is 4.53. The van der Waals surface area contributed by atoms with Crippen LogP contribution in [0.3, 0.4) is 0 Å². The average molecular weight is 238 g/mol. The standard InChI is InChI=1S/C13H22N2O2/c1-4-7-17-13-8-11(5-6-12(13)14)15-10(2)9-16-3/h5-6,8,10,15H,4,7,9,14H2,1-3H3. The Morgan fingerprint density at radius 3 is 2.82 bits per heavy atom. The molecule has 3 N–H and O–H groups in total. The summed E-state index contributed by atoms with van der Waals surface area (Å²) in [6.07, 6.45) is 0.969. The van der Waals surface area contributed by atoms with E-state index in [1.165, 1.54) is 0 Å². The first-order valence-electron chi connectivity index (χ1n) is 5.95. The molecule has 0 aliphatic rings. The molecule has 4 heteroatoms. The minimum atomic E-state index is 0.252. The Kier molecular flexibility index (Phi) is 5.63. The number of benzene rings is 1. The van der Waals surface area contributed by atoms with Gasteiger partial charge in [0.25, 0.3) is 0 Å². The van der Waals surface area contributed by atoms with Gasteiger partial charge in [0, 0.05) is 24.9 Å². The average Bonchev–Trinajstić information content (AvgIpc) is 2.30. The lowest BCUT2D eigenvalue weighted by Gasteiger charge is -2.16. The fourth-order valence-electron chi connectivity index (χ4n) is 1.54. The van der Waals surface area contributed by atoms with Crippen LogP contribution in [0.15, 0.2) is 18.2 Å².